The van der Waals surface area contributed by atoms with Crippen molar-refractivity contribution in [2.45, 2.75) is 131 Å². The molecule has 4 heteroatoms. The average molecular weight is 489 g/mol. The minimum Gasteiger partial charge on any atom is -0.459 e. The molecule has 4 nitrogen and oxygen atoms in total. The van der Waals surface area contributed by atoms with E-state index in [-0.39, 0.29) is 29.6 Å². The number of ether oxygens (including phenoxy) is 2. The fraction of sp³-hybridized carbons (Fsp3) is 0.935. The van der Waals surface area contributed by atoms with Crippen LogP contribution in [0, 0.1) is 52.3 Å². The van der Waals surface area contributed by atoms with Crippen LogP contribution >= 0.6 is 0 Å². The molecule has 4 saturated carbocycles. The minimum absolute atomic E-state index is 0.169. The molecule has 0 saturated heterocycles. The molecule has 0 amide bonds. The van der Waals surface area contributed by atoms with Crippen molar-refractivity contribution in [2.75, 3.05) is 0 Å². The maximum atomic E-state index is 11.9. The highest BCUT2D eigenvalue weighted by Gasteiger charge is 2.62. The third-order valence-electron chi connectivity index (χ3n) is 11.5. The Labute approximate surface area is 214 Å². The van der Waals surface area contributed by atoms with Crippen LogP contribution in [0.3, 0.4) is 0 Å². The molecule has 0 spiro atoms. The van der Waals surface area contributed by atoms with Crippen molar-refractivity contribution in [3.63, 3.8) is 0 Å². The highest BCUT2D eigenvalue weighted by Crippen LogP contribution is 2.68. The maximum absolute atomic E-state index is 11.9. The maximum Gasteiger partial charge on any atom is 0.303 e. The Balaban J connectivity index is 1.50. The molecular formula is C31H52O4. The molecule has 0 N–H and O–H groups in total. The second-order valence-electron chi connectivity index (χ2n) is 13.9. The number of carbonyl (C=O) groups excluding carboxylic acids is 2. The summed E-state index contributed by atoms with van der Waals surface area (Å²) in [6, 6.07) is 0. The van der Waals surface area contributed by atoms with Gasteiger partial charge in [-0.05, 0) is 104 Å². The monoisotopic (exact) mass is 488 g/mol. The molecule has 0 aromatic heterocycles. The van der Waals surface area contributed by atoms with E-state index in [1.165, 1.54) is 71.6 Å². The topological polar surface area (TPSA) is 52.6 Å². The molecular weight excluding hydrogens is 436 g/mol. The van der Waals surface area contributed by atoms with Crippen molar-refractivity contribution in [1.82, 2.24) is 0 Å². The van der Waals surface area contributed by atoms with Gasteiger partial charge in [0.05, 0.1) is 0 Å². The van der Waals surface area contributed by atoms with E-state index in [4.69, 9.17) is 9.47 Å². The number of fused-ring (bicyclic) bond motifs is 5. The molecule has 10 unspecified atom stereocenters. The number of hydrogen-bond acceptors (Lipinski definition) is 4. The van der Waals surface area contributed by atoms with Gasteiger partial charge < -0.3 is 9.47 Å². The predicted octanol–water partition coefficient (Wildman–Crippen LogP) is 7.58. The number of carbonyl (C=O) groups is 2. The second-order valence-corrected chi connectivity index (χ2v) is 13.9. The van der Waals surface area contributed by atoms with Crippen LogP contribution < -0.4 is 0 Å². The fourth-order valence-electron chi connectivity index (χ4n) is 9.93. The van der Waals surface area contributed by atoms with Gasteiger partial charge in [0, 0.05) is 13.8 Å². The molecule has 4 aliphatic rings. The highest BCUT2D eigenvalue weighted by atomic mass is 16.6. The molecule has 4 aliphatic carbocycles. The van der Waals surface area contributed by atoms with Crippen molar-refractivity contribution in [1.29, 1.82) is 0 Å². The highest BCUT2D eigenvalue weighted by molar-refractivity contribution is 5.67. The smallest absolute Gasteiger partial charge is 0.303 e. The summed E-state index contributed by atoms with van der Waals surface area (Å²) in [4.78, 5) is 23.7. The number of hydrogen-bond donors (Lipinski definition) is 0. The van der Waals surface area contributed by atoms with Crippen LogP contribution in [0.25, 0.3) is 0 Å². The molecule has 0 aliphatic heterocycles. The summed E-state index contributed by atoms with van der Waals surface area (Å²) in [6.45, 7) is 15.3. The Morgan fingerprint density at radius 1 is 0.829 bits per heavy atom. The van der Waals surface area contributed by atoms with E-state index in [9.17, 15) is 9.59 Å². The fourth-order valence-corrected chi connectivity index (χ4v) is 9.93. The summed E-state index contributed by atoms with van der Waals surface area (Å²) < 4.78 is 11.5. The van der Waals surface area contributed by atoms with Crippen LogP contribution in [0.1, 0.15) is 119 Å². The molecule has 200 valence electrons. The third-order valence-corrected chi connectivity index (χ3v) is 11.5. The minimum atomic E-state index is -0.304. The van der Waals surface area contributed by atoms with Gasteiger partial charge in [-0.15, -0.1) is 0 Å². The molecule has 0 bridgehead atoms. The van der Waals surface area contributed by atoms with E-state index in [2.05, 4.69) is 34.6 Å². The van der Waals surface area contributed by atoms with Crippen LogP contribution in [0.2, 0.25) is 0 Å². The first-order chi connectivity index (χ1) is 16.5. The normalized spacial score (nSPS) is 43.6. The van der Waals surface area contributed by atoms with Crippen LogP contribution in [0.15, 0.2) is 0 Å². The lowest BCUT2D eigenvalue weighted by Gasteiger charge is -2.62. The summed E-state index contributed by atoms with van der Waals surface area (Å²) in [5, 5.41) is 0. The van der Waals surface area contributed by atoms with Crippen molar-refractivity contribution in [3.05, 3.63) is 0 Å². The van der Waals surface area contributed by atoms with Gasteiger partial charge in [-0.2, -0.15) is 0 Å². The van der Waals surface area contributed by atoms with Crippen molar-refractivity contribution in [3.8, 4) is 0 Å². The molecule has 4 rings (SSSR count). The lowest BCUT2D eigenvalue weighted by atomic mass is 9.44. The van der Waals surface area contributed by atoms with E-state index >= 15 is 0 Å². The van der Waals surface area contributed by atoms with Gasteiger partial charge in [0.1, 0.15) is 12.2 Å². The van der Waals surface area contributed by atoms with E-state index in [1.807, 2.05) is 0 Å². The van der Waals surface area contributed by atoms with E-state index in [0.717, 1.165) is 42.4 Å². The lowest BCUT2D eigenvalue weighted by molar-refractivity contribution is -0.195. The van der Waals surface area contributed by atoms with E-state index in [0.29, 0.717) is 17.3 Å². The van der Waals surface area contributed by atoms with E-state index < -0.39 is 0 Å². The first kappa shape index (κ1) is 27.0. The summed E-state index contributed by atoms with van der Waals surface area (Å²) in [5.74, 6) is 4.88. The van der Waals surface area contributed by atoms with Gasteiger partial charge in [-0.1, -0.05) is 53.9 Å². The Morgan fingerprint density at radius 3 is 2.14 bits per heavy atom. The van der Waals surface area contributed by atoms with Gasteiger partial charge in [-0.25, -0.2) is 0 Å². The van der Waals surface area contributed by atoms with Gasteiger partial charge in [-0.3, -0.25) is 9.59 Å². The van der Waals surface area contributed by atoms with Gasteiger partial charge >= 0.3 is 11.9 Å². The number of esters is 2. The average Bonchev–Trinajstić information content (AvgIpc) is 3.10. The zero-order valence-electron chi connectivity index (χ0n) is 23.6. The van der Waals surface area contributed by atoms with Gasteiger partial charge in [0.2, 0.25) is 0 Å². The largest absolute Gasteiger partial charge is 0.459 e. The predicted molar refractivity (Wildman–Crippen MR) is 140 cm³/mol. The Bertz CT molecular complexity index is 776. The van der Waals surface area contributed by atoms with Crippen molar-refractivity contribution >= 4 is 11.9 Å². The van der Waals surface area contributed by atoms with E-state index in [1.54, 1.807) is 0 Å². The molecule has 10 atom stereocenters. The lowest BCUT2D eigenvalue weighted by Crippen LogP contribution is -2.57. The molecule has 0 aromatic carbocycles. The van der Waals surface area contributed by atoms with Crippen molar-refractivity contribution < 1.29 is 19.1 Å². The van der Waals surface area contributed by atoms with Crippen LogP contribution in [0.5, 0.6) is 0 Å². The Kier molecular flexibility index (Phi) is 7.99. The summed E-state index contributed by atoms with van der Waals surface area (Å²) in [5.41, 5.74) is 0.661. The zero-order chi connectivity index (χ0) is 25.5. The van der Waals surface area contributed by atoms with Gasteiger partial charge in [0.15, 0.2) is 0 Å². The Hall–Kier alpha value is -1.06. The summed E-state index contributed by atoms with van der Waals surface area (Å²) in [6.07, 6.45) is 13.3. The quantitative estimate of drug-likeness (QED) is 0.347. The van der Waals surface area contributed by atoms with Crippen molar-refractivity contribution in [2.24, 2.45) is 52.3 Å². The number of rotatable bonds is 7. The molecule has 0 heterocycles. The first-order valence-corrected chi connectivity index (χ1v) is 14.8. The van der Waals surface area contributed by atoms with Gasteiger partial charge in [0.25, 0.3) is 0 Å². The van der Waals surface area contributed by atoms with Crippen LogP contribution in [-0.2, 0) is 19.1 Å². The molecule has 35 heavy (non-hydrogen) atoms. The molecule has 0 radical (unpaired) electrons. The second kappa shape index (κ2) is 10.4. The standard InChI is InChI=1S/C31H52O4/c1-19(2)9-8-10-20(3)25-13-14-26-24-12-11-23-17-28(34-21(4)32)29(35-22(5)33)18-31(23,7)27(24)15-16-30(25,26)6/h19-20,23-29H,8-18H2,1-7H3. The van der Waals surface area contributed by atoms with Crippen LogP contribution in [-0.4, -0.2) is 24.1 Å². The SMILES string of the molecule is CC(=O)OC1CC2CCC3C(CCC4(C)C(C(C)CCCC(C)C)CCC34)C2(C)CC1OC(C)=O. The molecule has 0 aromatic rings. The van der Waals surface area contributed by atoms with Crippen LogP contribution in [0.4, 0.5) is 0 Å². The summed E-state index contributed by atoms with van der Waals surface area (Å²) in [7, 11) is 0. The Morgan fingerprint density at radius 2 is 1.49 bits per heavy atom. The first-order valence-electron chi connectivity index (χ1n) is 14.8. The zero-order valence-corrected chi connectivity index (χ0v) is 23.6. The molecule has 4 fully saturated rings. The summed E-state index contributed by atoms with van der Waals surface area (Å²) >= 11 is 0. The third kappa shape index (κ3) is 5.19.